The molecule has 1 atom stereocenters. The van der Waals surface area contributed by atoms with Crippen LogP contribution in [0.25, 0.3) is 17.0 Å². The minimum absolute atomic E-state index is 0.0585. The van der Waals surface area contributed by atoms with Crippen molar-refractivity contribution < 1.29 is 9.72 Å². The van der Waals surface area contributed by atoms with E-state index in [2.05, 4.69) is 39.4 Å². The van der Waals surface area contributed by atoms with E-state index >= 15 is 0 Å². The summed E-state index contributed by atoms with van der Waals surface area (Å²) in [6.45, 7) is 4.05. The lowest BCUT2D eigenvalue weighted by molar-refractivity contribution is -0.384. The van der Waals surface area contributed by atoms with Gasteiger partial charge in [-0.3, -0.25) is 14.9 Å². The van der Waals surface area contributed by atoms with Crippen molar-refractivity contribution in [1.29, 1.82) is 0 Å². The van der Waals surface area contributed by atoms with Crippen molar-refractivity contribution in [3.63, 3.8) is 0 Å². The number of aryl methyl sites for hydroxylation is 1. The summed E-state index contributed by atoms with van der Waals surface area (Å²) in [6, 6.07) is 15.6. The highest BCUT2D eigenvalue weighted by Gasteiger charge is 2.19. The van der Waals surface area contributed by atoms with Gasteiger partial charge in [0, 0.05) is 17.7 Å². The molecule has 32 heavy (non-hydrogen) atoms. The van der Waals surface area contributed by atoms with Gasteiger partial charge in [-0.25, -0.2) is 4.98 Å². The van der Waals surface area contributed by atoms with E-state index in [1.165, 1.54) is 28.5 Å². The number of nitrogens with one attached hydrogen (secondary N) is 1. The molecule has 0 bridgehead atoms. The fraction of sp³-hybridized carbons (Fsp3) is 0.217. The first-order valence-electron chi connectivity index (χ1n) is 10.3. The molecule has 9 heteroatoms. The number of rotatable bonds is 7. The number of hydrogen-bond donors (Lipinski definition) is 1. The monoisotopic (exact) mass is 430 g/mol. The van der Waals surface area contributed by atoms with E-state index in [1.54, 1.807) is 18.2 Å². The van der Waals surface area contributed by atoms with Gasteiger partial charge in [-0.15, -0.1) is 0 Å². The lowest BCUT2D eigenvalue weighted by Gasteiger charge is -2.15. The maximum Gasteiger partial charge on any atom is 0.270 e. The van der Waals surface area contributed by atoms with Gasteiger partial charge >= 0.3 is 0 Å². The molecule has 0 fully saturated rings. The van der Waals surface area contributed by atoms with Crippen LogP contribution in [-0.4, -0.2) is 30.4 Å². The minimum atomic E-state index is -0.472. The Morgan fingerprint density at radius 2 is 1.97 bits per heavy atom. The second-order valence-electron chi connectivity index (χ2n) is 7.49. The number of hydrogen-bond acceptors (Lipinski definition) is 6. The molecule has 2 aromatic heterocycles. The van der Waals surface area contributed by atoms with E-state index in [4.69, 9.17) is 0 Å². The predicted molar refractivity (Wildman–Crippen MR) is 119 cm³/mol. The van der Waals surface area contributed by atoms with E-state index in [9.17, 15) is 14.9 Å². The molecule has 0 saturated heterocycles. The topological polar surface area (TPSA) is 115 Å². The molecule has 0 spiro atoms. The first-order chi connectivity index (χ1) is 15.5. The van der Waals surface area contributed by atoms with Gasteiger partial charge in [-0.05, 0) is 30.5 Å². The van der Waals surface area contributed by atoms with Gasteiger partial charge in [0.2, 0.25) is 0 Å². The SMILES string of the molecule is CCCc1ccc([C@H](C)NC(=O)c2cc(-c3cccc([N+](=O)[O-])c3)nc3ncnn23)cc1. The Labute approximate surface area is 184 Å². The third-order valence-electron chi connectivity index (χ3n) is 5.20. The summed E-state index contributed by atoms with van der Waals surface area (Å²) >= 11 is 0. The zero-order chi connectivity index (χ0) is 22.7. The van der Waals surface area contributed by atoms with E-state index in [0.717, 1.165) is 18.4 Å². The number of amides is 1. The van der Waals surface area contributed by atoms with Crippen LogP contribution >= 0.6 is 0 Å². The number of nitrogens with zero attached hydrogens (tertiary/aromatic N) is 5. The second kappa shape index (κ2) is 8.93. The molecule has 2 heterocycles. The Hall–Kier alpha value is -4.14. The smallest absolute Gasteiger partial charge is 0.270 e. The summed E-state index contributed by atoms with van der Waals surface area (Å²) in [7, 11) is 0. The van der Waals surface area contributed by atoms with Crippen molar-refractivity contribution in [2.45, 2.75) is 32.7 Å². The van der Waals surface area contributed by atoms with Crippen molar-refractivity contribution in [2.75, 3.05) is 0 Å². The third kappa shape index (κ3) is 4.31. The Balaban J connectivity index is 1.64. The summed E-state index contributed by atoms with van der Waals surface area (Å²) in [5, 5.41) is 18.2. The summed E-state index contributed by atoms with van der Waals surface area (Å²) in [6.07, 6.45) is 3.41. The minimum Gasteiger partial charge on any atom is -0.344 e. The molecule has 0 aliphatic rings. The van der Waals surface area contributed by atoms with Crippen molar-refractivity contribution in [3.8, 4) is 11.3 Å². The van der Waals surface area contributed by atoms with Crippen molar-refractivity contribution >= 4 is 17.4 Å². The van der Waals surface area contributed by atoms with E-state index in [0.29, 0.717) is 11.3 Å². The number of nitro groups is 1. The van der Waals surface area contributed by atoms with Crippen LogP contribution in [0.2, 0.25) is 0 Å². The van der Waals surface area contributed by atoms with Crippen LogP contribution in [0.1, 0.15) is 47.9 Å². The number of fused-ring (bicyclic) bond motifs is 1. The normalized spacial score (nSPS) is 11.9. The average Bonchev–Trinajstić information content (AvgIpc) is 3.28. The van der Waals surface area contributed by atoms with Crippen LogP contribution in [0.5, 0.6) is 0 Å². The van der Waals surface area contributed by atoms with Gasteiger partial charge in [0.25, 0.3) is 17.4 Å². The van der Waals surface area contributed by atoms with E-state index in [1.807, 2.05) is 19.1 Å². The molecule has 4 aromatic rings. The number of carbonyl (C=O) groups excluding carboxylic acids is 1. The van der Waals surface area contributed by atoms with Crippen LogP contribution < -0.4 is 5.32 Å². The molecule has 4 rings (SSSR count). The van der Waals surface area contributed by atoms with Crippen LogP contribution in [0.3, 0.4) is 0 Å². The number of benzene rings is 2. The van der Waals surface area contributed by atoms with Gasteiger partial charge in [0.1, 0.15) is 12.0 Å². The molecule has 0 aliphatic carbocycles. The molecular formula is C23H22N6O3. The Kier molecular flexibility index (Phi) is 5.89. The Morgan fingerprint density at radius 3 is 2.69 bits per heavy atom. The van der Waals surface area contributed by atoms with Gasteiger partial charge in [0.15, 0.2) is 0 Å². The highest BCUT2D eigenvalue weighted by Crippen LogP contribution is 2.24. The standard InChI is InChI=1S/C23H22N6O3/c1-3-5-16-8-10-17(11-9-16)15(2)26-22(30)21-13-20(27-23-24-14-25-28(21)23)18-6-4-7-19(12-18)29(31)32/h4,6-15H,3,5H2,1-2H3,(H,26,30)/t15-/m0/s1. The van der Waals surface area contributed by atoms with Crippen LogP contribution in [0.4, 0.5) is 5.69 Å². The number of aromatic nitrogens is 4. The van der Waals surface area contributed by atoms with Gasteiger partial charge < -0.3 is 5.32 Å². The number of carbonyl (C=O) groups is 1. The lowest BCUT2D eigenvalue weighted by Crippen LogP contribution is -2.28. The van der Waals surface area contributed by atoms with Crippen LogP contribution in [-0.2, 0) is 6.42 Å². The number of non-ortho nitro benzene ring substituents is 1. The fourth-order valence-electron chi connectivity index (χ4n) is 3.52. The maximum atomic E-state index is 13.1. The molecule has 0 aliphatic heterocycles. The summed E-state index contributed by atoms with van der Waals surface area (Å²) in [4.78, 5) is 32.3. The largest absolute Gasteiger partial charge is 0.344 e. The summed E-state index contributed by atoms with van der Waals surface area (Å²) in [5.41, 5.74) is 3.34. The molecule has 0 radical (unpaired) electrons. The van der Waals surface area contributed by atoms with Gasteiger partial charge in [-0.2, -0.15) is 14.6 Å². The zero-order valence-electron chi connectivity index (χ0n) is 17.7. The van der Waals surface area contributed by atoms with E-state index < -0.39 is 4.92 Å². The van der Waals surface area contributed by atoms with Crippen molar-refractivity contribution in [3.05, 3.63) is 87.9 Å². The third-order valence-corrected chi connectivity index (χ3v) is 5.20. The maximum absolute atomic E-state index is 13.1. The molecule has 0 unspecified atom stereocenters. The van der Waals surface area contributed by atoms with Gasteiger partial charge in [0.05, 0.1) is 16.7 Å². The molecule has 9 nitrogen and oxygen atoms in total. The quantitative estimate of drug-likeness (QED) is 0.348. The zero-order valence-corrected chi connectivity index (χ0v) is 17.7. The van der Waals surface area contributed by atoms with E-state index in [-0.39, 0.29) is 29.1 Å². The summed E-state index contributed by atoms with van der Waals surface area (Å²) < 4.78 is 1.35. The highest BCUT2D eigenvalue weighted by molar-refractivity contribution is 5.94. The fourth-order valence-corrected chi connectivity index (χ4v) is 3.52. The van der Waals surface area contributed by atoms with Crippen LogP contribution in [0, 0.1) is 10.1 Å². The molecular weight excluding hydrogens is 408 g/mol. The number of nitro benzene ring substituents is 1. The lowest BCUT2D eigenvalue weighted by atomic mass is 10.0. The van der Waals surface area contributed by atoms with Crippen molar-refractivity contribution in [1.82, 2.24) is 24.9 Å². The highest BCUT2D eigenvalue weighted by atomic mass is 16.6. The van der Waals surface area contributed by atoms with Crippen molar-refractivity contribution in [2.24, 2.45) is 0 Å². The predicted octanol–water partition coefficient (Wildman–Crippen LogP) is 4.14. The summed E-state index contributed by atoms with van der Waals surface area (Å²) in [5.74, 6) is -0.115. The van der Waals surface area contributed by atoms with Crippen LogP contribution in [0.15, 0.2) is 60.9 Å². The Bertz CT molecular complexity index is 1280. The molecule has 0 saturated carbocycles. The average molecular weight is 430 g/mol. The first kappa shape index (κ1) is 21.1. The molecule has 1 amide bonds. The molecule has 1 N–H and O–H groups in total. The first-order valence-corrected chi connectivity index (χ1v) is 10.3. The second-order valence-corrected chi connectivity index (χ2v) is 7.49. The molecule has 2 aromatic carbocycles. The van der Waals surface area contributed by atoms with Gasteiger partial charge in [-0.1, -0.05) is 49.7 Å². The Morgan fingerprint density at radius 1 is 1.19 bits per heavy atom. The molecule has 162 valence electrons.